The summed E-state index contributed by atoms with van der Waals surface area (Å²) in [5.74, 6) is 1.65. The quantitative estimate of drug-likeness (QED) is 0.843. The Morgan fingerprint density at radius 2 is 2.05 bits per heavy atom. The van der Waals surface area contributed by atoms with Crippen molar-refractivity contribution in [3.63, 3.8) is 0 Å². The lowest BCUT2D eigenvalue weighted by Crippen LogP contribution is -2.65. The Labute approximate surface area is 130 Å². The highest BCUT2D eigenvalue weighted by Gasteiger charge is 2.46. The Bertz CT molecular complexity index is 336. The van der Waals surface area contributed by atoms with E-state index in [1.807, 2.05) is 0 Å². The van der Waals surface area contributed by atoms with Crippen LogP contribution in [0.5, 0.6) is 0 Å². The van der Waals surface area contributed by atoms with E-state index in [1.165, 1.54) is 51.6 Å². The first kappa shape index (κ1) is 15.8. The third-order valence-corrected chi connectivity index (χ3v) is 5.98. The van der Waals surface area contributed by atoms with Crippen LogP contribution in [-0.2, 0) is 4.74 Å². The van der Waals surface area contributed by atoms with Gasteiger partial charge < -0.3 is 10.1 Å². The summed E-state index contributed by atoms with van der Waals surface area (Å²) in [6, 6.07) is 0.695. The molecule has 21 heavy (non-hydrogen) atoms. The van der Waals surface area contributed by atoms with Gasteiger partial charge in [-0.15, -0.1) is 0 Å². The van der Waals surface area contributed by atoms with E-state index >= 15 is 0 Å². The lowest BCUT2D eigenvalue weighted by atomic mass is 9.88. The van der Waals surface area contributed by atoms with Crippen molar-refractivity contribution < 1.29 is 4.74 Å². The first-order valence-corrected chi connectivity index (χ1v) is 9.19. The van der Waals surface area contributed by atoms with Gasteiger partial charge in [0.15, 0.2) is 0 Å². The first-order chi connectivity index (χ1) is 10.1. The van der Waals surface area contributed by atoms with Gasteiger partial charge in [-0.3, -0.25) is 4.90 Å². The fourth-order valence-electron chi connectivity index (χ4n) is 4.30. The molecule has 1 N–H and O–H groups in total. The van der Waals surface area contributed by atoms with Crippen molar-refractivity contribution in [3.05, 3.63) is 0 Å². The molecule has 0 radical (unpaired) electrons. The van der Waals surface area contributed by atoms with E-state index in [-0.39, 0.29) is 0 Å². The molecule has 2 aliphatic heterocycles. The Morgan fingerprint density at radius 3 is 2.67 bits per heavy atom. The van der Waals surface area contributed by atoms with Crippen molar-refractivity contribution in [2.45, 2.75) is 77.0 Å². The van der Waals surface area contributed by atoms with E-state index in [0.29, 0.717) is 17.7 Å². The molecule has 3 rings (SSSR count). The Hall–Kier alpha value is -0.120. The van der Waals surface area contributed by atoms with Gasteiger partial charge in [-0.05, 0) is 57.3 Å². The van der Waals surface area contributed by atoms with Crippen molar-refractivity contribution in [2.75, 3.05) is 26.2 Å². The lowest BCUT2D eigenvalue weighted by molar-refractivity contribution is -0.00937. The van der Waals surface area contributed by atoms with E-state index in [4.69, 9.17) is 4.74 Å². The van der Waals surface area contributed by atoms with Crippen LogP contribution in [0.4, 0.5) is 0 Å². The van der Waals surface area contributed by atoms with Crippen molar-refractivity contribution in [2.24, 2.45) is 11.8 Å². The molecule has 0 aromatic carbocycles. The normalized spacial score (nSPS) is 38.9. The minimum absolute atomic E-state index is 0.360. The molecule has 122 valence electrons. The molecule has 1 saturated carbocycles. The van der Waals surface area contributed by atoms with Crippen LogP contribution in [-0.4, -0.2) is 48.8 Å². The molecule has 0 spiro atoms. The Morgan fingerprint density at radius 1 is 1.24 bits per heavy atom. The van der Waals surface area contributed by atoms with Gasteiger partial charge in [0.05, 0.1) is 6.10 Å². The van der Waals surface area contributed by atoms with Crippen LogP contribution in [0, 0.1) is 11.8 Å². The summed E-state index contributed by atoms with van der Waals surface area (Å²) in [5, 5.41) is 3.88. The van der Waals surface area contributed by atoms with Crippen LogP contribution >= 0.6 is 0 Å². The first-order valence-electron chi connectivity index (χ1n) is 9.19. The molecule has 0 amide bonds. The van der Waals surface area contributed by atoms with Crippen LogP contribution in [0.15, 0.2) is 0 Å². The molecule has 3 heteroatoms. The minimum atomic E-state index is 0.360. The van der Waals surface area contributed by atoms with Crippen LogP contribution in [0.2, 0.25) is 0 Å². The number of nitrogens with zero attached hydrogens (tertiary/aromatic N) is 1. The number of hydrogen-bond acceptors (Lipinski definition) is 3. The number of rotatable bonds is 5. The van der Waals surface area contributed by atoms with Gasteiger partial charge in [0.2, 0.25) is 0 Å². The second-order valence-corrected chi connectivity index (χ2v) is 8.13. The van der Waals surface area contributed by atoms with Gasteiger partial charge >= 0.3 is 0 Å². The highest BCUT2D eigenvalue weighted by molar-refractivity contribution is 5.04. The van der Waals surface area contributed by atoms with Crippen molar-refractivity contribution in [1.29, 1.82) is 0 Å². The SMILES string of the molecule is CC(C)C1CNC(C)(C2CC2)CN1CCC1CCCCO1. The topological polar surface area (TPSA) is 24.5 Å². The fraction of sp³-hybridized carbons (Fsp3) is 1.00. The van der Waals surface area contributed by atoms with E-state index in [0.717, 1.165) is 25.0 Å². The summed E-state index contributed by atoms with van der Waals surface area (Å²) in [6.45, 7) is 11.8. The zero-order valence-electron chi connectivity index (χ0n) is 14.2. The van der Waals surface area contributed by atoms with E-state index < -0.39 is 0 Å². The highest BCUT2D eigenvalue weighted by Crippen LogP contribution is 2.41. The average Bonchev–Trinajstić information content (AvgIpc) is 3.31. The number of ether oxygens (including phenoxy) is 1. The largest absolute Gasteiger partial charge is 0.378 e. The van der Waals surface area contributed by atoms with Crippen molar-refractivity contribution in [3.8, 4) is 0 Å². The summed E-state index contributed by atoms with van der Waals surface area (Å²) < 4.78 is 5.93. The monoisotopic (exact) mass is 294 g/mol. The number of nitrogens with one attached hydrogen (secondary N) is 1. The van der Waals surface area contributed by atoms with Gasteiger partial charge in [0, 0.05) is 37.8 Å². The maximum Gasteiger partial charge on any atom is 0.0587 e. The highest BCUT2D eigenvalue weighted by atomic mass is 16.5. The maximum atomic E-state index is 5.93. The summed E-state index contributed by atoms with van der Waals surface area (Å²) in [5.41, 5.74) is 0.360. The molecule has 1 aliphatic carbocycles. The van der Waals surface area contributed by atoms with Gasteiger partial charge in [-0.2, -0.15) is 0 Å². The molecule has 2 saturated heterocycles. The second kappa shape index (κ2) is 6.55. The van der Waals surface area contributed by atoms with Crippen molar-refractivity contribution in [1.82, 2.24) is 10.2 Å². The summed E-state index contributed by atoms with van der Waals surface area (Å²) >= 11 is 0. The molecule has 3 fully saturated rings. The zero-order valence-corrected chi connectivity index (χ0v) is 14.2. The number of piperazine rings is 1. The van der Waals surface area contributed by atoms with Gasteiger partial charge in [0.25, 0.3) is 0 Å². The molecule has 2 heterocycles. The number of hydrogen-bond donors (Lipinski definition) is 1. The molecule has 3 aliphatic rings. The molecule has 0 aromatic heterocycles. The van der Waals surface area contributed by atoms with E-state index in [2.05, 4.69) is 31.0 Å². The van der Waals surface area contributed by atoms with E-state index in [9.17, 15) is 0 Å². The van der Waals surface area contributed by atoms with Crippen LogP contribution in [0.3, 0.4) is 0 Å². The summed E-state index contributed by atoms with van der Waals surface area (Å²) in [4.78, 5) is 2.78. The standard InChI is InChI=1S/C18H34N2O/c1-14(2)17-12-19-18(3,15-7-8-15)13-20(17)10-9-16-6-4-5-11-21-16/h14-17,19H,4-13H2,1-3H3. The van der Waals surface area contributed by atoms with E-state index in [1.54, 1.807) is 0 Å². The predicted molar refractivity (Wildman–Crippen MR) is 87.5 cm³/mol. The van der Waals surface area contributed by atoms with Gasteiger partial charge in [0.1, 0.15) is 0 Å². The van der Waals surface area contributed by atoms with Crippen LogP contribution in [0.25, 0.3) is 0 Å². The van der Waals surface area contributed by atoms with Gasteiger partial charge in [-0.1, -0.05) is 13.8 Å². The average molecular weight is 294 g/mol. The maximum absolute atomic E-state index is 5.93. The molecule has 3 atom stereocenters. The molecule has 0 bridgehead atoms. The van der Waals surface area contributed by atoms with Crippen LogP contribution in [0.1, 0.15) is 59.3 Å². The summed E-state index contributed by atoms with van der Waals surface area (Å²) in [6.07, 6.45) is 8.50. The lowest BCUT2D eigenvalue weighted by Gasteiger charge is -2.48. The predicted octanol–water partition coefficient (Wildman–Crippen LogP) is 3.04. The molecule has 3 unspecified atom stereocenters. The van der Waals surface area contributed by atoms with Gasteiger partial charge in [-0.25, -0.2) is 0 Å². The molecule has 0 aromatic rings. The minimum Gasteiger partial charge on any atom is -0.378 e. The zero-order chi connectivity index (χ0) is 14.9. The third kappa shape index (κ3) is 3.80. The Kier molecular flexibility index (Phi) is 4.92. The smallest absolute Gasteiger partial charge is 0.0587 e. The summed E-state index contributed by atoms with van der Waals surface area (Å²) in [7, 11) is 0. The third-order valence-electron chi connectivity index (χ3n) is 5.98. The Balaban J connectivity index is 1.57. The van der Waals surface area contributed by atoms with Crippen LogP contribution < -0.4 is 5.32 Å². The second-order valence-electron chi connectivity index (χ2n) is 8.13. The fourth-order valence-corrected chi connectivity index (χ4v) is 4.30. The molecule has 3 nitrogen and oxygen atoms in total. The van der Waals surface area contributed by atoms with Crippen molar-refractivity contribution >= 4 is 0 Å². The molecular formula is C18H34N2O. The molecular weight excluding hydrogens is 260 g/mol.